The molecule has 1 aromatic rings. The zero-order valence-corrected chi connectivity index (χ0v) is 12.9. The van der Waals surface area contributed by atoms with E-state index in [4.69, 9.17) is 14.2 Å². The Labute approximate surface area is 126 Å². The average molecular weight is 292 g/mol. The fraction of sp³-hybridized carbons (Fsp3) is 0.588. The Hall–Kier alpha value is -1.71. The molecule has 1 aromatic carbocycles. The lowest BCUT2D eigenvalue weighted by molar-refractivity contribution is 0.111. The average Bonchev–Trinajstić information content (AvgIpc) is 2.80. The normalized spacial score (nSPS) is 16.1. The Morgan fingerprint density at radius 3 is 2.10 bits per heavy atom. The van der Waals surface area contributed by atoms with Gasteiger partial charge in [0.05, 0.1) is 26.4 Å². The van der Waals surface area contributed by atoms with Crippen molar-refractivity contribution in [3.63, 3.8) is 0 Å². The van der Waals surface area contributed by atoms with Gasteiger partial charge in [0.1, 0.15) is 17.2 Å². The highest BCUT2D eigenvalue weighted by molar-refractivity contribution is 5.84. The van der Waals surface area contributed by atoms with Crippen LogP contribution in [0.1, 0.15) is 48.9 Å². The first kappa shape index (κ1) is 15.7. The van der Waals surface area contributed by atoms with Crippen molar-refractivity contribution in [2.75, 3.05) is 20.8 Å². The lowest BCUT2D eigenvalue weighted by Crippen LogP contribution is -2.11. The first-order valence-corrected chi connectivity index (χ1v) is 7.62. The molecule has 116 valence electrons. The molecule has 4 heteroatoms. The Bertz CT molecular complexity index is 437. The van der Waals surface area contributed by atoms with Gasteiger partial charge in [0.2, 0.25) is 0 Å². The number of carbonyl (C=O) groups excluding carboxylic acids is 1. The van der Waals surface area contributed by atoms with Crippen LogP contribution in [0, 0.1) is 5.92 Å². The molecule has 21 heavy (non-hydrogen) atoms. The van der Waals surface area contributed by atoms with Crippen molar-refractivity contribution in [1.82, 2.24) is 0 Å². The molecule has 1 aliphatic rings. The summed E-state index contributed by atoms with van der Waals surface area (Å²) in [6, 6.07) is 3.51. The van der Waals surface area contributed by atoms with Crippen LogP contribution < -0.4 is 14.2 Å². The summed E-state index contributed by atoms with van der Waals surface area (Å²) in [4.78, 5) is 11.1. The zero-order chi connectivity index (χ0) is 15.1. The standard InChI is InChI=1S/C17H24O4/c1-19-16-9-14(10-17(20-2)15(16)11-18)21-12-13-7-5-3-4-6-8-13/h9-11,13H,3-8,12H2,1-2H3. The highest BCUT2D eigenvalue weighted by Gasteiger charge is 2.16. The van der Waals surface area contributed by atoms with Gasteiger partial charge >= 0.3 is 0 Å². The molecule has 0 atom stereocenters. The summed E-state index contributed by atoms with van der Waals surface area (Å²) in [5, 5.41) is 0. The van der Waals surface area contributed by atoms with Crippen LogP contribution in [0.3, 0.4) is 0 Å². The largest absolute Gasteiger partial charge is 0.496 e. The van der Waals surface area contributed by atoms with Crippen molar-refractivity contribution in [2.24, 2.45) is 5.92 Å². The van der Waals surface area contributed by atoms with Gasteiger partial charge in [0.15, 0.2) is 6.29 Å². The molecule has 0 heterocycles. The molecule has 0 N–H and O–H groups in total. The van der Waals surface area contributed by atoms with Crippen molar-refractivity contribution < 1.29 is 19.0 Å². The predicted molar refractivity (Wildman–Crippen MR) is 81.6 cm³/mol. The Morgan fingerprint density at radius 1 is 1.05 bits per heavy atom. The predicted octanol–water partition coefficient (Wildman–Crippen LogP) is 3.87. The molecule has 0 radical (unpaired) electrons. The summed E-state index contributed by atoms with van der Waals surface area (Å²) < 4.78 is 16.4. The van der Waals surface area contributed by atoms with Crippen LogP contribution in [0.4, 0.5) is 0 Å². The third-order valence-electron chi connectivity index (χ3n) is 4.10. The van der Waals surface area contributed by atoms with E-state index in [0.717, 1.165) is 6.29 Å². The molecule has 0 amide bonds. The molecule has 0 aromatic heterocycles. The number of carbonyl (C=O) groups is 1. The summed E-state index contributed by atoms with van der Waals surface area (Å²) in [5.41, 5.74) is 0.418. The van der Waals surface area contributed by atoms with Crippen LogP contribution >= 0.6 is 0 Å². The van der Waals surface area contributed by atoms with Crippen LogP contribution in [0.2, 0.25) is 0 Å². The van der Waals surface area contributed by atoms with E-state index in [1.807, 2.05) is 0 Å². The Balaban J connectivity index is 2.06. The van der Waals surface area contributed by atoms with Crippen LogP contribution in [-0.4, -0.2) is 27.1 Å². The summed E-state index contributed by atoms with van der Waals surface area (Å²) in [6.07, 6.45) is 8.49. The second-order valence-corrected chi connectivity index (χ2v) is 5.53. The monoisotopic (exact) mass is 292 g/mol. The minimum Gasteiger partial charge on any atom is -0.496 e. The fourth-order valence-corrected chi connectivity index (χ4v) is 2.86. The van der Waals surface area contributed by atoms with Crippen LogP contribution in [0.25, 0.3) is 0 Å². The number of ether oxygens (including phenoxy) is 3. The van der Waals surface area contributed by atoms with Gasteiger partial charge in [-0.25, -0.2) is 0 Å². The van der Waals surface area contributed by atoms with Crippen molar-refractivity contribution >= 4 is 6.29 Å². The lowest BCUT2D eigenvalue weighted by Gasteiger charge is -2.17. The molecule has 0 aliphatic heterocycles. The minimum absolute atomic E-state index is 0.418. The lowest BCUT2D eigenvalue weighted by atomic mass is 10.0. The van der Waals surface area contributed by atoms with Crippen molar-refractivity contribution in [3.05, 3.63) is 17.7 Å². The number of hydrogen-bond donors (Lipinski definition) is 0. The molecule has 2 rings (SSSR count). The number of rotatable bonds is 6. The third-order valence-corrected chi connectivity index (χ3v) is 4.10. The summed E-state index contributed by atoms with van der Waals surface area (Å²) in [6.45, 7) is 0.715. The second kappa shape index (κ2) is 7.91. The number of methoxy groups -OCH3 is 2. The van der Waals surface area contributed by atoms with Crippen LogP contribution in [0.5, 0.6) is 17.2 Å². The second-order valence-electron chi connectivity index (χ2n) is 5.53. The molecule has 0 saturated heterocycles. The smallest absolute Gasteiger partial charge is 0.157 e. The molecular weight excluding hydrogens is 268 g/mol. The van der Waals surface area contributed by atoms with E-state index in [1.165, 1.54) is 52.7 Å². The van der Waals surface area contributed by atoms with Gasteiger partial charge < -0.3 is 14.2 Å². The third kappa shape index (κ3) is 4.13. The number of hydrogen-bond acceptors (Lipinski definition) is 4. The van der Waals surface area contributed by atoms with Gasteiger partial charge in [-0.05, 0) is 18.8 Å². The van der Waals surface area contributed by atoms with Crippen LogP contribution in [0.15, 0.2) is 12.1 Å². The number of benzene rings is 1. The van der Waals surface area contributed by atoms with Crippen molar-refractivity contribution in [1.29, 1.82) is 0 Å². The molecule has 0 bridgehead atoms. The van der Waals surface area contributed by atoms with Gasteiger partial charge in [0.25, 0.3) is 0 Å². The molecular formula is C17H24O4. The zero-order valence-electron chi connectivity index (χ0n) is 12.9. The highest BCUT2D eigenvalue weighted by atomic mass is 16.5. The van der Waals surface area contributed by atoms with Gasteiger partial charge in [-0.3, -0.25) is 4.79 Å². The summed E-state index contributed by atoms with van der Waals surface area (Å²) >= 11 is 0. The molecule has 0 spiro atoms. The van der Waals surface area contributed by atoms with E-state index in [0.29, 0.717) is 35.3 Å². The fourth-order valence-electron chi connectivity index (χ4n) is 2.86. The minimum atomic E-state index is 0.418. The summed E-state index contributed by atoms with van der Waals surface area (Å²) in [5.74, 6) is 2.29. The maximum absolute atomic E-state index is 11.1. The van der Waals surface area contributed by atoms with Gasteiger partial charge in [-0.15, -0.1) is 0 Å². The van der Waals surface area contributed by atoms with E-state index < -0.39 is 0 Å². The Kier molecular flexibility index (Phi) is 5.90. The first-order chi connectivity index (χ1) is 10.3. The van der Waals surface area contributed by atoms with Gasteiger partial charge in [-0.2, -0.15) is 0 Å². The molecule has 1 saturated carbocycles. The van der Waals surface area contributed by atoms with Gasteiger partial charge in [-0.1, -0.05) is 25.7 Å². The van der Waals surface area contributed by atoms with E-state index in [9.17, 15) is 4.79 Å². The Morgan fingerprint density at radius 2 is 1.62 bits per heavy atom. The van der Waals surface area contributed by atoms with E-state index in [-0.39, 0.29) is 0 Å². The van der Waals surface area contributed by atoms with Crippen molar-refractivity contribution in [3.8, 4) is 17.2 Å². The maximum atomic E-state index is 11.1. The highest BCUT2D eigenvalue weighted by Crippen LogP contribution is 2.33. The van der Waals surface area contributed by atoms with Gasteiger partial charge in [0, 0.05) is 12.1 Å². The summed E-state index contributed by atoms with van der Waals surface area (Å²) in [7, 11) is 3.08. The van der Waals surface area contributed by atoms with E-state index in [1.54, 1.807) is 12.1 Å². The van der Waals surface area contributed by atoms with Crippen molar-refractivity contribution in [2.45, 2.75) is 38.5 Å². The number of aldehydes is 1. The van der Waals surface area contributed by atoms with E-state index >= 15 is 0 Å². The molecule has 0 unspecified atom stereocenters. The SMILES string of the molecule is COc1cc(OCC2CCCCCC2)cc(OC)c1C=O. The molecule has 1 aliphatic carbocycles. The van der Waals surface area contributed by atoms with E-state index in [2.05, 4.69) is 0 Å². The molecule has 4 nitrogen and oxygen atoms in total. The topological polar surface area (TPSA) is 44.8 Å². The molecule has 1 fully saturated rings. The first-order valence-electron chi connectivity index (χ1n) is 7.62. The van der Waals surface area contributed by atoms with Crippen LogP contribution in [-0.2, 0) is 0 Å². The maximum Gasteiger partial charge on any atom is 0.157 e. The quantitative estimate of drug-likeness (QED) is 0.590.